The van der Waals surface area contributed by atoms with E-state index in [0.717, 1.165) is 25.7 Å². The molecule has 0 aromatic carbocycles. The second kappa shape index (κ2) is 6.46. The average molecular weight is 213 g/mol. The van der Waals surface area contributed by atoms with Gasteiger partial charge >= 0.3 is 0 Å². The zero-order valence-corrected chi connectivity index (χ0v) is 9.54. The molecule has 15 heavy (non-hydrogen) atoms. The van der Waals surface area contributed by atoms with Crippen LogP contribution in [0.1, 0.15) is 32.1 Å². The van der Waals surface area contributed by atoms with Gasteiger partial charge in [-0.3, -0.25) is 0 Å². The van der Waals surface area contributed by atoms with E-state index in [1.165, 1.54) is 45.2 Å². The van der Waals surface area contributed by atoms with Crippen LogP contribution in [0.3, 0.4) is 0 Å². The van der Waals surface area contributed by atoms with Gasteiger partial charge in [0.15, 0.2) is 0 Å². The van der Waals surface area contributed by atoms with Crippen LogP contribution >= 0.6 is 0 Å². The molecule has 3 heteroatoms. The normalized spacial score (nSPS) is 32.0. The lowest BCUT2D eigenvalue weighted by Gasteiger charge is -2.22. The molecule has 2 saturated heterocycles. The molecule has 0 radical (unpaired) electrons. The molecule has 2 aliphatic rings. The van der Waals surface area contributed by atoms with Gasteiger partial charge in [-0.2, -0.15) is 0 Å². The van der Waals surface area contributed by atoms with Gasteiger partial charge in [-0.05, 0) is 51.1 Å². The molecule has 2 atom stereocenters. The average Bonchev–Trinajstić information content (AvgIpc) is 2.79. The second-order valence-electron chi connectivity index (χ2n) is 4.71. The molecular formula is C12H23NO2. The minimum Gasteiger partial charge on any atom is -0.379 e. The minimum atomic E-state index is 0.384. The highest BCUT2D eigenvalue weighted by Crippen LogP contribution is 2.15. The number of hydrogen-bond donors (Lipinski definition) is 1. The van der Waals surface area contributed by atoms with Gasteiger partial charge in [-0.15, -0.1) is 0 Å². The first kappa shape index (κ1) is 11.4. The first-order valence-electron chi connectivity index (χ1n) is 6.35. The van der Waals surface area contributed by atoms with Crippen molar-refractivity contribution in [2.75, 3.05) is 32.9 Å². The van der Waals surface area contributed by atoms with Crippen molar-refractivity contribution in [2.45, 2.75) is 38.2 Å². The van der Waals surface area contributed by atoms with E-state index in [4.69, 9.17) is 9.47 Å². The summed E-state index contributed by atoms with van der Waals surface area (Å²) in [6.45, 7) is 5.03. The molecule has 0 spiro atoms. The van der Waals surface area contributed by atoms with Crippen LogP contribution in [0.4, 0.5) is 0 Å². The Kier molecular flexibility index (Phi) is 4.90. The summed E-state index contributed by atoms with van der Waals surface area (Å²) in [4.78, 5) is 0. The highest BCUT2D eigenvalue weighted by Gasteiger charge is 2.16. The maximum atomic E-state index is 5.67. The topological polar surface area (TPSA) is 30.5 Å². The van der Waals surface area contributed by atoms with Gasteiger partial charge in [-0.25, -0.2) is 0 Å². The Morgan fingerprint density at radius 2 is 2.27 bits per heavy atom. The molecule has 0 aromatic rings. The second-order valence-corrected chi connectivity index (χ2v) is 4.71. The van der Waals surface area contributed by atoms with E-state index in [1.54, 1.807) is 0 Å². The zero-order valence-electron chi connectivity index (χ0n) is 9.54. The maximum Gasteiger partial charge on any atom is 0.0809 e. The number of nitrogens with one attached hydrogen (secondary N) is 1. The van der Waals surface area contributed by atoms with Gasteiger partial charge in [0.05, 0.1) is 12.7 Å². The molecule has 0 saturated carbocycles. The Hall–Kier alpha value is -0.120. The third kappa shape index (κ3) is 4.09. The van der Waals surface area contributed by atoms with Crippen LogP contribution in [0, 0.1) is 5.92 Å². The standard InChI is InChI=1S/C12H23NO2/c1-3-11(9-13-6-1)5-8-14-10-12-4-2-7-15-12/h11-13H,1-10H2. The van der Waals surface area contributed by atoms with E-state index in [9.17, 15) is 0 Å². The third-order valence-corrected chi connectivity index (χ3v) is 3.40. The van der Waals surface area contributed by atoms with Crippen molar-refractivity contribution in [1.82, 2.24) is 5.32 Å². The van der Waals surface area contributed by atoms with E-state index in [-0.39, 0.29) is 0 Å². The maximum absolute atomic E-state index is 5.67. The van der Waals surface area contributed by atoms with Crippen LogP contribution in [0.15, 0.2) is 0 Å². The fourth-order valence-electron chi connectivity index (χ4n) is 2.41. The lowest BCUT2D eigenvalue weighted by Crippen LogP contribution is -2.30. The number of ether oxygens (including phenoxy) is 2. The van der Waals surface area contributed by atoms with Gasteiger partial charge in [0, 0.05) is 13.2 Å². The van der Waals surface area contributed by atoms with Crippen molar-refractivity contribution in [3.8, 4) is 0 Å². The van der Waals surface area contributed by atoms with Crippen LogP contribution in [-0.4, -0.2) is 39.0 Å². The molecule has 2 aliphatic heterocycles. The fourth-order valence-corrected chi connectivity index (χ4v) is 2.41. The fraction of sp³-hybridized carbons (Fsp3) is 1.00. The minimum absolute atomic E-state index is 0.384. The van der Waals surface area contributed by atoms with Gasteiger partial charge < -0.3 is 14.8 Å². The molecule has 2 fully saturated rings. The van der Waals surface area contributed by atoms with E-state index >= 15 is 0 Å². The molecule has 2 unspecified atom stereocenters. The largest absolute Gasteiger partial charge is 0.379 e. The molecule has 2 rings (SSSR count). The number of rotatable bonds is 5. The summed E-state index contributed by atoms with van der Waals surface area (Å²) >= 11 is 0. The molecule has 0 aliphatic carbocycles. The summed E-state index contributed by atoms with van der Waals surface area (Å²) in [7, 11) is 0. The molecule has 1 N–H and O–H groups in total. The van der Waals surface area contributed by atoms with Crippen LogP contribution in [0.5, 0.6) is 0 Å². The zero-order chi connectivity index (χ0) is 10.3. The monoisotopic (exact) mass is 213 g/mol. The van der Waals surface area contributed by atoms with Gasteiger partial charge in [0.25, 0.3) is 0 Å². The van der Waals surface area contributed by atoms with Gasteiger partial charge in [-0.1, -0.05) is 0 Å². The van der Waals surface area contributed by atoms with Crippen LogP contribution < -0.4 is 5.32 Å². The summed E-state index contributed by atoms with van der Waals surface area (Å²) in [6.07, 6.45) is 6.69. The molecular weight excluding hydrogens is 190 g/mol. The predicted octanol–water partition coefficient (Wildman–Crippen LogP) is 1.57. The Morgan fingerprint density at radius 3 is 3.00 bits per heavy atom. The molecule has 0 aromatic heterocycles. The van der Waals surface area contributed by atoms with Gasteiger partial charge in [0.1, 0.15) is 0 Å². The van der Waals surface area contributed by atoms with Gasteiger partial charge in [0.2, 0.25) is 0 Å². The van der Waals surface area contributed by atoms with Crippen molar-refractivity contribution in [3.63, 3.8) is 0 Å². The molecule has 88 valence electrons. The lowest BCUT2D eigenvalue weighted by molar-refractivity contribution is 0.0126. The van der Waals surface area contributed by atoms with Crippen LogP contribution in [-0.2, 0) is 9.47 Å². The molecule has 0 bridgehead atoms. The molecule has 2 heterocycles. The Balaban J connectivity index is 1.47. The lowest BCUT2D eigenvalue weighted by atomic mass is 9.97. The highest BCUT2D eigenvalue weighted by atomic mass is 16.5. The van der Waals surface area contributed by atoms with E-state index in [0.29, 0.717) is 6.10 Å². The first-order chi connectivity index (χ1) is 7.45. The van der Waals surface area contributed by atoms with E-state index < -0.39 is 0 Å². The van der Waals surface area contributed by atoms with Crippen molar-refractivity contribution in [2.24, 2.45) is 5.92 Å². The summed E-state index contributed by atoms with van der Waals surface area (Å²) in [5.41, 5.74) is 0. The Bertz CT molecular complexity index is 163. The molecule has 0 amide bonds. The summed E-state index contributed by atoms with van der Waals surface area (Å²) in [5.74, 6) is 0.836. The van der Waals surface area contributed by atoms with Crippen molar-refractivity contribution in [1.29, 1.82) is 0 Å². The summed E-state index contributed by atoms with van der Waals surface area (Å²) < 4.78 is 11.2. The first-order valence-corrected chi connectivity index (χ1v) is 6.35. The highest BCUT2D eigenvalue weighted by molar-refractivity contribution is 4.69. The molecule has 3 nitrogen and oxygen atoms in total. The number of hydrogen-bond acceptors (Lipinski definition) is 3. The smallest absolute Gasteiger partial charge is 0.0809 e. The Morgan fingerprint density at radius 1 is 1.27 bits per heavy atom. The summed E-state index contributed by atoms with van der Waals surface area (Å²) in [6, 6.07) is 0. The SMILES string of the molecule is C1CNCC(CCOCC2CCCO2)C1. The van der Waals surface area contributed by atoms with Crippen LogP contribution in [0.25, 0.3) is 0 Å². The van der Waals surface area contributed by atoms with Crippen molar-refractivity contribution >= 4 is 0 Å². The van der Waals surface area contributed by atoms with Crippen molar-refractivity contribution < 1.29 is 9.47 Å². The predicted molar refractivity (Wildman–Crippen MR) is 60.0 cm³/mol. The Labute approximate surface area is 92.5 Å². The number of piperidine rings is 1. The third-order valence-electron chi connectivity index (χ3n) is 3.40. The van der Waals surface area contributed by atoms with Crippen LogP contribution in [0.2, 0.25) is 0 Å². The van der Waals surface area contributed by atoms with E-state index in [1.807, 2.05) is 0 Å². The van der Waals surface area contributed by atoms with E-state index in [2.05, 4.69) is 5.32 Å². The quantitative estimate of drug-likeness (QED) is 0.703. The summed E-state index contributed by atoms with van der Waals surface area (Å²) in [5, 5.41) is 3.44. The van der Waals surface area contributed by atoms with Crippen molar-refractivity contribution in [3.05, 3.63) is 0 Å².